The molecule has 0 unspecified atom stereocenters. The number of carbonyl (C=O) groups is 1. The summed E-state index contributed by atoms with van der Waals surface area (Å²) in [6.07, 6.45) is 5.18. The Morgan fingerprint density at radius 3 is 2.56 bits per heavy atom. The molecule has 14 nitrogen and oxygen atoms in total. The van der Waals surface area contributed by atoms with Gasteiger partial charge in [0.25, 0.3) is 5.91 Å². The molecule has 222 valence electrons. The summed E-state index contributed by atoms with van der Waals surface area (Å²) in [5.74, 6) is 0.920. The largest absolute Gasteiger partial charge is 0.378 e. The van der Waals surface area contributed by atoms with E-state index in [4.69, 9.17) is 19.9 Å². The zero-order chi connectivity index (χ0) is 29.6. The van der Waals surface area contributed by atoms with Gasteiger partial charge in [0.1, 0.15) is 4.21 Å². The number of rotatable bonds is 6. The van der Waals surface area contributed by atoms with Gasteiger partial charge in [-0.3, -0.25) is 15.1 Å². The number of ether oxygens (including phenoxy) is 1. The molecule has 4 aromatic heterocycles. The third-order valence-corrected chi connectivity index (χ3v) is 11.7. The van der Waals surface area contributed by atoms with Crippen molar-refractivity contribution in [3.05, 3.63) is 48.4 Å². The van der Waals surface area contributed by atoms with E-state index in [1.165, 1.54) is 23.7 Å². The fourth-order valence-electron chi connectivity index (χ4n) is 5.50. The average Bonchev–Trinajstić information content (AvgIpc) is 3.72. The maximum absolute atomic E-state index is 13.9. The molecule has 0 radical (unpaired) electrons. The number of H-pyrrole nitrogens is 1. The molecular formula is C27H27N9O5S2. The molecule has 0 atom stereocenters. The van der Waals surface area contributed by atoms with Crippen LogP contribution in [0.2, 0.25) is 0 Å². The van der Waals surface area contributed by atoms with Gasteiger partial charge in [-0.15, -0.1) is 11.3 Å². The van der Waals surface area contributed by atoms with E-state index in [1.54, 1.807) is 17.7 Å². The molecule has 43 heavy (non-hydrogen) atoms. The van der Waals surface area contributed by atoms with Gasteiger partial charge in [-0.2, -0.15) is 5.10 Å². The fraction of sp³-hybridized carbons (Fsp3) is 0.333. The van der Waals surface area contributed by atoms with Crippen molar-refractivity contribution in [2.45, 2.75) is 22.3 Å². The van der Waals surface area contributed by atoms with Gasteiger partial charge in [0.15, 0.2) is 21.5 Å². The molecule has 1 amide bonds. The Balaban J connectivity index is 1.19. The molecule has 0 aliphatic carbocycles. The molecular weight excluding hydrogens is 594 g/mol. The minimum Gasteiger partial charge on any atom is -0.378 e. The Hall–Kier alpha value is -4.25. The minimum atomic E-state index is -3.66. The number of hydrogen-bond donors (Lipinski definition) is 3. The van der Waals surface area contributed by atoms with Crippen molar-refractivity contribution in [1.29, 1.82) is 0 Å². The Kier molecular flexibility index (Phi) is 7.12. The van der Waals surface area contributed by atoms with Crippen LogP contribution in [-0.2, 0) is 14.6 Å². The van der Waals surface area contributed by atoms with Crippen molar-refractivity contribution >= 4 is 60.0 Å². The number of nitrogens with one attached hydrogen (secondary N) is 2. The molecule has 16 heteroatoms. The molecule has 2 saturated heterocycles. The summed E-state index contributed by atoms with van der Waals surface area (Å²) >= 11 is 1.22. The summed E-state index contributed by atoms with van der Waals surface area (Å²) in [5, 5.41) is 16.3. The summed E-state index contributed by atoms with van der Waals surface area (Å²) in [5.41, 5.74) is 3.95. The maximum atomic E-state index is 13.9. The highest BCUT2D eigenvalue weighted by atomic mass is 32.2. The number of carbonyl (C=O) groups excluding carboxylic acids is 1. The van der Waals surface area contributed by atoms with Crippen molar-refractivity contribution in [1.82, 2.24) is 35.6 Å². The van der Waals surface area contributed by atoms with Crippen LogP contribution in [0.4, 0.5) is 11.8 Å². The van der Waals surface area contributed by atoms with Gasteiger partial charge >= 0.3 is 0 Å². The number of anilines is 2. The Morgan fingerprint density at radius 2 is 1.81 bits per heavy atom. The lowest BCUT2D eigenvalue weighted by Crippen LogP contribution is -2.40. The van der Waals surface area contributed by atoms with Crippen LogP contribution in [0, 0.1) is 0 Å². The van der Waals surface area contributed by atoms with E-state index in [0.29, 0.717) is 75.3 Å². The predicted molar refractivity (Wildman–Crippen MR) is 159 cm³/mol. The monoisotopic (exact) mass is 621 g/mol. The molecule has 6 heterocycles. The first-order valence-electron chi connectivity index (χ1n) is 13.7. The molecule has 0 spiro atoms. The molecule has 3 N–H and O–H groups in total. The van der Waals surface area contributed by atoms with Crippen molar-refractivity contribution in [3.63, 3.8) is 0 Å². The number of piperidine rings is 1. The standard InChI is InChI=1S/C27H27N9O5S2/c37-26(34-38)16-13-28-27(29-14-16)36-6-4-17(5-7-36)43(39,40)22-12-21-23(42-22)25(35-8-10-41-11-9-35)32-24(31-21)18-2-1-3-20-19(18)15-30-33-20/h1-3,12-15,17,38H,4-11H2,(H,30,33)(H,34,37). The normalized spacial score (nSPS) is 16.7. The third kappa shape index (κ3) is 5.05. The molecule has 0 saturated carbocycles. The number of thiophene rings is 1. The van der Waals surface area contributed by atoms with Crippen LogP contribution in [0.15, 0.2) is 47.1 Å². The number of benzene rings is 1. The van der Waals surface area contributed by atoms with Gasteiger partial charge in [0.05, 0.1) is 46.0 Å². The first kappa shape index (κ1) is 27.6. The summed E-state index contributed by atoms with van der Waals surface area (Å²) in [7, 11) is -3.66. The molecule has 2 aliphatic heterocycles. The van der Waals surface area contributed by atoms with E-state index >= 15 is 0 Å². The number of hydroxylamine groups is 1. The van der Waals surface area contributed by atoms with Crippen LogP contribution in [0.5, 0.6) is 0 Å². The van der Waals surface area contributed by atoms with Crippen LogP contribution < -0.4 is 15.3 Å². The second-order valence-corrected chi connectivity index (χ2v) is 13.8. The Labute approximate surface area is 249 Å². The number of aromatic nitrogens is 6. The second kappa shape index (κ2) is 11.1. The van der Waals surface area contributed by atoms with E-state index < -0.39 is 21.0 Å². The van der Waals surface area contributed by atoms with Crippen molar-refractivity contribution in [2.24, 2.45) is 0 Å². The second-order valence-electron chi connectivity index (χ2n) is 10.3. The van der Waals surface area contributed by atoms with Gasteiger partial charge < -0.3 is 14.5 Å². The molecule has 2 aliphatic rings. The van der Waals surface area contributed by atoms with Crippen molar-refractivity contribution in [2.75, 3.05) is 49.2 Å². The lowest BCUT2D eigenvalue weighted by molar-refractivity contribution is 0.0705. The summed E-state index contributed by atoms with van der Waals surface area (Å²) in [6.45, 7) is 3.31. The molecule has 1 aromatic carbocycles. The third-order valence-electron chi connectivity index (χ3n) is 7.81. The van der Waals surface area contributed by atoms with E-state index in [-0.39, 0.29) is 9.77 Å². The maximum Gasteiger partial charge on any atom is 0.277 e. The van der Waals surface area contributed by atoms with E-state index in [9.17, 15) is 13.2 Å². The van der Waals surface area contributed by atoms with Crippen molar-refractivity contribution < 1.29 is 23.2 Å². The van der Waals surface area contributed by atoms with Gasteiger partial charge in [-0.25, -0.2) is 33.8 Å². The smallest absolute Gasteiger partial charge is 0.277 e. The summed E-state index contributed by atoms with van der Waals surface area (Å²) < 4.78 is 34.4. The van der Waals surface area contributed by atoms with Crippen LogP contribution in [0.1, 0.15) is 23.2 Å². The highest BCUT2D eigenvalue weighted by molar-refractivity contribution is 7.94. The predicted octanol–water partition coefficient (Wildman–Crippen LogP) is 2.42. The quantitative estimate of drug-likeness (QED) is 0.186. The molecule has 5 aromatic rings. The number of aromatic amines is 1. The SMILES string of the molecule is O=C(NO)c1cnc(N2CCC(S(=O)(=O)c3cc4nc(-c5cccc6[nH]ncc56)nc(N5CCOCC5)c4s3)CC2)nc1. The first-order chi connectivity index (χ1) is 20.9. The average molecular weight is 622 g/mol. The van der Waals surface area contributed by atoms with Crippen LogP contribution in [0.25, 0.3) is 32.5 Å². The highest BCUT2D eigenvalue weighted by Gasteiger charge is 2.34. The number of hydrogen-bond acceptors (Lipinski definition) is 13. The molecule has 0 bridgehead atoms. The number of fused-ring (bicyclic) bond motifs is 2. The minimum absolute atomic E-state index is 0.123. The van der Waals surface area contributed by atoms with E-state index in [1.807, 2.05) is 23.1 Å². The number of morpholine rings is 1. The van der Waals surface area contributed by atoms with E-state index in [0.717, 1.165) is 21.2 Å². The zero-order valence-electron chi connectivity index (χ0n) is 22.8. The van der Waals surface area contributed by atoms with Crippen LogP contribution in [0.3, 0.4) is 0 Å². The number of nitrogens with zero attached hydrogens (tertiary/aromatic N) is 7. The Morgan fingerprint density at radius 1 is 1.05 bits per heavy atom. The lowest BCUT2D eigenvalue weighted by Gasteiger charge is -2.31. The molecule has 2 fully saturated rings. The summed E-state index contributed by atoms with van der Waals surface area (Å²) in [6, 6.07) is 7.47. The van der Waals surface area contributed by atoms with Gasteiger partial charge in [0.2, 0.25) is 5.95 Å². The van der Waals surface area contributed by atoms with Gasteiger partial charge in [0, 0.05) is 49.5 Å². The fourth-order valence-corrected chi connectivity index (χ4v) is 8.91. The summed E-state index contributed by atoms with van der Waals surface area (Å²) in [4.78, 5) is 33.8. The van der Waals surface area contributed by atoms with E-state index in [2.05, 4.69) is 25.1 Å². The number of amides is 1. The first-order valence-corrected chi connectivity index (χ1v) is 16.1. The van der Waals surface area contributed by atoms with Crippen molar-refractivity contribution in [3.8, 4) is 11.4 Å². The lowest BCUT2D eigenvalue weighted by atomic mass is 10.1. The van der Waals surface area contributed by atoms with Gasteiger partial charge in [-0.05, 0) is 25.0 Å². The molecule has 7 rings (SSSR count). The topological polar surface area (TPSA) is 179 Å². The van der Waals surface area contributed by atoms with Gasteiger partial charge in [-0.1, -0.05) is 12.1 Å². The zero-order valence-corrected chi connectivity index (χ0v) is 24.4. The number of sulfone groups is 1. The Bertz CT molecular complexity index is 1910. The van der Waals surface area contributed by atoms with Crippen LogP contribution in [-0.4, -0.2) is 94.3 Å². The highest BCUT2D eigenvalue weighted by Crippen LogP contribution is 2.39. The van der Waals surface area contributed by atoms with Crippen LogP contribution >= 0.6 is 11.3 Å².